The van der Waals surface area contributed by atoms with Gasteiger partial charge in [0.2, 0.25) is 0 Å². The molecule has 0 radical (unpaired) electrons. The zero-order chi connectivity index (χ0) is 17.2. The summed E-state index contributed by atoms with van der Waals surface area (Å²) < 4.78 is 37.3. The van der Waals surface area contributed by atoms with E-state index in [0.717, 1.165) is 17.7 Å². The lowest BCUT2D eigenvalue weighted by Crippen LogP contribution is -2.50. The van der Waals surface area contributed by atoms with E-state index in [2.05, 4.69) is 0 Å². The van der Waals surface area contributed by atoms with Crippen LogP contribution >= 0.6 is 11.3 Å². The number of thiophene rings is 1. The van der Waals surface area contributed by atoms with Gasteiger partial charge in [-0.25, -0.2) is 0 Å². The molecule has 2 heterocycles. The molecule has 1 fully saturated rings. The summed E-state index contributed by atoms with van der Waals surface area (Å²) in [6.07, 6.45) is 2.77. The van der Waals surface area contributed by atoms with E-state index in [1.54, 1.807) is 16.2 Å². The number of hydrogen-bond acceptors (Lipinski definition) is 3. The molecule has 3 nitrogen and oxygen atoms in total. The Morgan fingerprint density at radius 3 is 2.38 bits per heavy atom. The van der Waals surface area contributed by atoms with Gasteiger partial charge in [-0.2, -0.15) is 13.2 Å². The number of carbonyl (C=O) groups is 1. The van der Waals surface area contributed by atoms with Crippen molar-refractivity contribution in [3.63, 3.8) is 0 Å². The van der Waals surface area contributed by atoms with Gasteiger partial charge < -0.3 is 4.90 Å². The van der Waals surface area contributed by atoms with Crippen LogP contribution in [0, 0.1) is 0 Å². The Morgan fingerprint density at radius 1 is 1.04 bits per heavy atom. The Bertz CT molecular complexity index is 551. The Kier molecular flexibility index (Phi) is 5.49. The third-order valence-electron chi connectivity index (χ3n) is 4.77. The highest BCUT2D eigenvalue weighted by atomic mass is 32.1. The number of amides is 1. The first-order valence-electron chi connectivity index (χ1n) is 8.62. The fourth-order valence-electron chi connectivity index (χ4n) is 3.47. The van der Waals surface area contributed by atoms with E-state index in [4.69, 9.17) is 0 Å². The molecule has 1 aliphatic heterocycles. The minimum absolute atomic E-state index is 0.0154. The second-order valence-electron chi connectivity index (χ2n) is 6.66. The number of hydrogen-bond donors (Lipinski definition) is 0. The van der Waals surface area contributed by atoms with Crippen molar-refractivity contribution in [3.05, 3.63) is 21.4 Å². The van der Waals surface area contributed by atoms with E-state index < -0.39 is 12.7 Å². The molecule has 1 amide bonds. The van der Waals surface area contributed by atoms with Gasteiger partial charge in [-0.3, -0.25) is 9.69 Å². The monoisotopic (exact) mass is 360 g/mol. The van der Waals surface area contributed by atoms with Crippen molar-refractivity contribution in [2.75, 3.05) is 32.7 Å². The minimum Gasteiger partial charge on any atom is -0.335 e. The number of fused-ring (bicyclic) bond motifs is 1. The molecule has 0 bridgehead atoms. The molecule has 1 aromatic rings. The number of halogens is 3. The van der Waals surface area contributed by atoms with Crippen molar-refractivity contribution in [1.29, 1.82) is 0 Å². The molecule has 0 N–H and O–H groups in total. The second kappa shape index (κ2) is 7.44. The van der Waals surface area contributed by atoms with Crippen LogP contribution in [-0.4, -0.2) is 54.6 Å². The topological polar surface area (TPSA) is 23.6 Å². The van der Waals surface area contributed by atoms with Gasteiger partial charge in [0.25, 0.3) is 5.91 Å². The molecule has 1 aliphatic carbocycles. The molecule has 2 aliphatic rings. The van der Waals surface area contributed by atoms with Crippen LogP contribution in [0.25, 0.3) is 0 Å². The molecule has 134 valence electrons. The summed E-state index contributed by atoms with van der Waals surface area (Å²) in [6, 6.07) is 2.02. The maximum Gasteiger partial charge on any atom is 0.401 e. The van der Waals surface area contributed by atoms with Crippen LogP contribution in [0.3, 0.4) is 0 Å². The van der Waals surface area contributed by atoms with E-state index in [9.17, 15) is 18.0 Å². The molecular formula is C17H23F3N2OS. The van der Waals surface area contributed by atoms with Gasteiger partial charge in [0.15, 0.2) is 0 Å². The number of aryl methyl sites for hydroxylation is 2. The predicted octanol–water partition coefficient (Wildman–Crippen LogP) is 3.73. The quantitative estimate of drug-likeness (QED) is 0.802. The number of piperazine rings is 1. The molecule has 0 spiro atoms. The van der Waals surface area contributed by atoms with Crippen LogP contribution in [0.2, 0.25) is 0 Å². The summed E-state index contributed by atoms with van der Waals surface area (Å²) in [4.78, 5) is 17.8. The van der Waals surface area contributed by atoms with Gasteiger partial charge in [0, 0.05) is 31.1 Å². The van der Waals surface area contributed by atoms with Gasteiger partial charge in [0.1, 0.15) is 0 Å². The van der Waals surface area contributed by atoms with Crippen molar-refractivity contribution in [1.82, 2.24) is 9.80 Å². The fraction of sp³-hybridized carbons (Fsp3) is 0.706. The molecule has 0 unspecified atom stereocenters. The highest BCUT2D eigenvalue weighted by Crippen LogP contribution is 2.29. The summed E-state index contributed by atoms with van der Waals surface area (Å²) in [5.74, 6) is -0.0154. The third-order valence-corrected chi connectivity index (χ3v) is 5.99. The second-order valence-corrected chi connectivity index (χ2v) is 7.79. The Morgan fingerprint density at radius 2 is 1.71 bits per heavy atom. The van der Waals surface area contributed by atoms with Gasteiger partial charge in [-0.1, -0.05) is 12.8 Å². The fourth-order valence-corrected chi connectivity index (χ4v) is 4.69. The number of nitrogens with zero attached hydrogens (tertiary/aromatic N) is 2. The van der Waals surface area contributed by atoms with E-state index in [1.165, 1.54) is 41.0 Å². The maximum atomic E-state index is 12.7. The Balaban J connectivity index is 1.60. The van der Waals surface area contributed by atoms with Crippen molar-refractivity contribution < 1.29 is 18.0 Å². The van der Waals surface area contributed by atoms with Crippen molar-refractivity contribution in [2.45, 2.75) is 44.7 Å². The predicted molar refractivity (Wildman–Crippen MR) is 88.6 cm³/mol. The van der Waals surface area contributed by atoms with Crippen molar-refractivity contribution >= 4 is 17.2 Å². The standard InChI is InChI=1S/C17H23F3N2OS/c18-17(19,20)12-21-7-9-22(10-8-21)16(23)15-11-13-5-3-1-2-4-6-14(13)24-15/h11H,1-10,12H2. The number of alkyl halides is 3. The van der Waals surface area contributed by atoms with Gasteiger partial charge in [-0.05, 0) is 37.3 Å². The van der Waals surface area contributed by atoms with E-state index >= 15 is 0 Å². The molecule has 24 heavy (non-hydrogen) atoms. The van der Waals surface area contributed by atoms with Crippen LogP contribution in [0.15, 0.2) is 6.07 Å². The maximum absolute atomic E-state index is 12.7. The van der Waals surface area contributed by atoms with Gasteiger partial charge >= 0.3 is 6.18 Å². The number of rotatable bonds is 2. The van der Waals surface area contributed by atoms with Gasteiger partial charge in [-0.15, -0.1) is 11.3 Å². The molecule has 0 saturated carbocycles. The average Bonchev–Trinajstić information content (AvgIpc) is 2.88. The molecule has 1 saturated heterocycles. The lowest BCUT2D eigenvalue weighted by atomic mass is 10.00. The van der Waals surface area contributed by atoms with Crippen LogP contribution in [0.1, 0.15) is 45.8 Å². The first-order valence-corrected chi connectivity index (χ1v) is 9.44. The van der Waals surface area contributed by atoms with Crippen LogP contribution < -0.4 is 0 Å². The highest BCUT2D eigenvalue weighted by Gasteiger charge is 2.33. The average molecular weight is 360 g/mol. The normalized spacial score (nSPS) is 20.4. The molecular weight excluding hydrogens is 337 g/mol. The van der Waals surface area contributed by atoms with Crippen LogP contribution in [0.4, 0.5) is 13.2 Å². The third kappa shape index (κ3) is 4.51. The smallest absolute Gasteiger partial charge is 0.335 e. The van der Waals surface area contributed by atoms with Crippen molar-refractivity contribution in [3.8, 4) is 0 Å². The molecule has 0 aromatic carbocycles. The molecule has 0 atom stereocenters. The minimum atomic E-state index is -4.17. The van der Waals surface area contributed by atoms with E-state index in [0.29, 0.717) is 13.1 Å². The summed E-state index contributed by atoms with van der Waals surface area (Å²) in [6.45, 7) is 0.434. The zero-order valence-electron chi connectivity index (χ0n) is 13.7. The van der Waals surface area contributed by atoms with Crippen LogP contribution in [0.5, 0.6) is 0 Å². The van der Waals surface area contributed by atoms with Gasteiger partial charge in [0.05, 0.1) is 11.4 Å². The Labute approximate surface area is 144 Å². The highest BCUT2D eigenvalue weighted by molar-refractivity contribution is 7.14. The summed E-state index contributed by atoms with van der Waals surface area (Å²) >= 11 is 1.59. The lowest BCUT2D eigenvalue weighted by Gasteiger charge is -2.34. The Hall–Kier alpha value is -1.08. The SMILES string of the molecule is O=C(c1cc2c(s1)CCCCCC2)N1CCN(CC(F)(F)F)CC1. The molecule has 3 rings (SSSR count). The van der Waals surface area contributed by atoms with Crippen molar-refractivity contribution in [2.24, 2.45) is 0 Å². The largest absolute Gasteiger partial charge is 0.401 e. The summed E-state index contributed by atoms with van der Waals surface area (Å²) in [5.41, 5.74) is 1.30. The summed E-state index contributed by atoms with van der Waals surface area (Å²) in [5, 5.41) is 0. The van der Waals surface area contributed by atoms with E-state index in [-0.39, 0.29) is 19.0 Å². The first kappa shape index (κ1) is 17.7. The van der Waals surface area contributed by atoms with Crippen LogP contribution in [-0.2, 0) is 12.8 Å². The zero-order valence-corrected chi connectivity index (χ0v) is 14.5. The number of carbonyl (C=O) groups excluding carboxylic acids is 1. The molecule has 7 heteroatoms. The molecule has 1 aromatic heterocycles. The lowest BCUT2D eigenvalue weighted by molar-refractivity contribution is -0.148. The first-order chi connectivity index (χ1) is 11.4. The van der Waals surface area contributed by atoms with E-state index in [1.807, 2.05) is 6.07 Å². The summed E-state index contributed by atoms with van der Waals surface area (Å²) in [7, 11) is 0.